The third-order valence-corrected chi connectivity index (χ3v) is 3.38. The van der Waals surface area contributed by atoms with Gasteiger partial charge in [0.1, 0.15) is 5.75 Å². The van der Waals surface area contributed by atoms with E-state index in [1.165, 1.54) is 6.08 Å². The fourth-order valence-corrected chi connectivity index (χ4v) is 1.98. The molecule has 0 bridgehead atoms. The molecule has 0 unspecified atom stereocenters. The highest BCUT2D eigenvalue weighted by Gasteiger charge is 2.05. The number of nitrogens with one attached hydrogen (secondary N) is 2. The van der Waals surface area contributed by atoms with Crippen LogP contribution in [0, 0.1) is 0 Å². The SMILES string of the molecule is O=C(/C=C/c1ccc(Cl)cc1)NNC(=O)COc1ccccc1Cl. The summed E-state index contributed by atoms with van der Waals surface area (Å²) in [5, 5.41) is 1.02. The van der Waals surface area contributed by atoms with Crippen LogP contribution in [0.25, 0.3) is 6.08 Å². The first-order valence-electron chi connectivity index (χ1n) is 6.94. The highest BCUT2D eigenvalue weighted by molar-refractivity contribution is 6.32. The van der Waals surface area contributed by atoms with Crippen LogP contribution in [0.3, 0.4) is 0 Å². The molecule has 2 amide bonds. The molecule has 7 heteroatoms. The summed E-state index contributed by atoms with van der Waals surface area (Å²) in [6.45, 7) is -0.273. The van der Waals surface area contributed by atoms with E-state index in [-0.39, 0.29) is 6.61 Å². The van der Waals surface area contributed by atoms with Gasteiger partial charge < -0.3 is 4.74 Å². The van der Waals surface area contributed by atoms with Crippen molar-refractivity contribution in [2.24, 2.45) is 0 Å². The molecule has 0 atom stereocenters. The van der Waals surface area contributed by atoms with E-state index in [0.717, 1.165) is 5.56 Å². The highest BCUT2D eigenvalue weighted by atomic mass is 35.5. The molecule has 0 aliphatic rings. The van der Waals surface area contributed by atoms with Crippen molar-refractivity contribution >= 4 is 41.1 Å². The summed E-state index contributed by atoms with van der Waals surface area (Å²) >= 11 is 11.7. The largest absolute Gasteiger partial charge is 0.482 e. The van der Waals surface area contributed by atoms with Gasteiger partial charge in [0, 0.05) is 11.1 Å². The number of benzene rings is 2. The number of carbonyl (C=O) groups excluding carboxylic acids is 2. The van der Waals surface area contributed by atoms with Gasteiger partial charge in [-0.15, -0.1) is 0 Å². The topological polar surface area (TPSA) is 67.4 Å². The molecule has 0 fully saturated rings. The Bertz CT molecular complexity index is 746. The van der Waals surface area contributed by atoms with Crippen molar-refractivity contribution in [2.75, 3.05) is 6.61 Å². The number of carbonyl (C=O) groups is 2. The first-order chi connectivity index (χ1) is 11.5. The molecule has 0 aromatic heterocycles. The van der Waals surface area contributed by atoms with Crippen molar-refractivity contribution in [3.05, 3.63) is 70.2 Å². The maximum Gasteiger partial charge on any atom is 0.276 e. The lowest BCUT2D eigenvalue weighted by Crippen LogP contribution is -2.43. The van der Waals surface area contributed by atoms with Crippen molar-refractivity contribution in [3.63, 3.8) is 0 Å². The normalized spacial score (nSPS) is 10.4. The van der Waals surface area contributed by atoms with Gasteiger partial charge in [0.25, 0.3) is 11.8 Å². The average Bonchev–Trinajstić information content (AvgIpc) is 2.58. The lowest BCUT2D eigenvalue weighted by Gasteiger charge is -2.08. The zero-order valence-corrected chi connectivity index (χ0v) is 14.0. The number of ether oxygens (including phenoxy) is 1. The predicted molar refractivity (Wildman–Crippen MR) is 93.7 cm³/mol. The van der Waals surface area contributed by atoms with Gasteiger partial charge in [-0.3, -0.25) is 20.4 Å². The number of amides is 2. The molecular formula is C17H14Cl2N2O3. The van der Waals surface area contributed by atoms with Gasteiger partial charge >= 0.3 is 0 Å². The summed E-state index contributed by atoms with van der Waals surface area (Å²) in [6.07, 6.45) is 2.89. The van der Waals surface area contributed by atoms with Crippen LogP contribution in [0.1, 0.15) is 5.56 Å². The lowest BCUT2D eigenvalue weighted by molar-refractivity contribution is -0.128. The quantitative estimate of drug-likeness (QED) is 0.632. The molecule has 5 nitrogen and oxygen atoms in total. The van der Waals surface area contributed by atoms with E-state index < -0.39 is 11.8 Å². The Morgan fingerprint density at radius 3 is 2.42 bits per heavy atom. The molecule has 0 aliphatic heterocycles. The molecule has 124 valence electrons. The fourth-order valence-electron chi connectivity index (χ4n) is 1.66. The van der Waals surface area contributed by atoms with Gasteiger partial charge in [0.15, 0.2) is 6.61 Å². The second kappa shape index (κ2) is 8.96. The second-order valence-electron chi connectivity index (χ2n) is 4.64. The summed E-state index contributed by atoms with van der Waals surface area (Å²) in [5.74, 6) is -0.595. The molecule has 2 aromatic rings. The molecule has 2 N–H and O–H groups in total. The number of rotatable bonds is 5. The van der Waals surface area contributed by atoms with Crippen LogP contribution in [-0.4, -0.2) is 18.4 Å². The highest BCUT2D eigenvalue weighted by Crippen LogP contribution is 2.22. The van der Waals surface area contributed by atoms with Crippen molar-refractivity contribution in [3.8, 4) is 5.75 Å². The molecule has 0 spiro atoms. The number of halogens is 2. The van der Waals surface area contributed by atoms with Gasteiger partial charge in [0.2, 0.25) is 0 Å². The van der Waals surface area contributed by atoms with Gasteiger partial charge in [-0.05, 0) is 35.9 Å². The zero-order valence-electron chi connectivity index (χ0n) is 12.5. The summed E-state index contributed by atoms with van der Waals surface area (Å²) in [6, 6.07) is 13.7. The monoisotopic (exact) mass is 364 g/mol. The minimum atomic E-state index is -0.511. The van der Waals surface area contributed by atoms with E-state index in [4.69, 9.17) is 27.9 Å². The number of hydrogen-bond donors (Lipinski definition) is 2. The number of hydrazine groups is 1. The van der Waals surface area contributed by atoms with E-state index in [1.807, 2.05) is 0 Å². The zero-order chi connectivity index (χ0) is 17.4. The average molecular weight is 365 g/mol. The maximum atomic E-state index is 11.6. The summed E-state index contributed by atoms with van der Waals surface area (Å²) in [4.78, 5) is 23.2. The molecule has 24 heavy (non-hydrogen) atoms. The molecule has 0 heterocycles. The maximum absolute atomic E-state index is 11.6. The first-order valence-corrected chi connectivity index (χ1v) is 7.70. The Morgan fingerprint density at radius 1 is 1.00 bits per heavy atom. The summed E-state index contributed by atoms with van der Waals surface area (Å²) in [5.41, 5.74) is 5.30. The van der Waals surface area contributed by atoms with Crippen LogP contribution in [0.5, 0.6) is 5.75 Å². The van der Waals surface area contributed by atoms with E-state index in [0.29, 0.717) is 15.8 Å². The van der Waals surface area contributed by atoms with E-state index in [1.54, 1.807) is 54.6 Å². The molecule has 0 saturated carbocycles. The minimum absolute atomic E-state index is 0.273. The molecular weight excluding hydrogens is 351 g/mol. The molecule has 2 aromatic carbocycles. The van der Waals surface area contributed by atoms with E-state index in [9.17, 15) is 9.59 Å². The first kappa shape index (κ1) is 17.8. The number of hydrogen-bond acceptors (Lipinski definition) is 3. The lowest BCUT2D eigenvalue weighted by atomic mass is 10.2. The van der Waals surface area contributed by atoms with Crippen LogP contribution in [0.4, 0.5) is 0 Å². The summed E-state index contributed by atoms with van der Waals surface area (Å²) in [7, 11) is 0. The van der Waals surface area contributed by atoms with Gasteiger partial charge in [-0.25, -0.2) is 0 Å². The Hall–Kier alpha value is -2.50. The van der Waals surface area contributed by atoms with Crippen molar-refractivity contribution in [1.82, 2.24) is 10.9 Å². The van der Waals surface area contributed by atoms with Gasteiger partial charge in [-0.1, -0.05) is 47.5 Å². The fraction of sp³-hybridized carbons (Fsp3) is 0.0588. The third-order valence-electron chi connectivity index (χ3n) is 2.82. The molecule has 2 rings (SSSR count). The van der Waals surface area contributed by atoms with Crippen LogP contribution in [0.2, 0.25) is 10.0 Å². The van der Waals surface area contributed by atoms with Crippen molar-refractivity contribution in [1.29, 1.82) is 0 Å². The van der Waals surface area contributed by atoms with Crippen LogP contribution in [0.15, 0.2) is 54.6 Å². The molecule has 0 aliphatic carbocycles. The van der Waals surface area contributed by atoms with Gasteiger partial charge in [-0.2, -0.15) is 0 Å². The predicted octanol–water partition coefficient (Wildman–Crippen LogP) is 3.23. The smallest absolute Gasteiger partial charge is 0.276 e. The Kier molecular flexibility index (Phi) is 6.66. The van der Waals surface area contributed by atoms with Crippen LogP contribution >= 0.6 is 23.2 Å². The number of para-hydroxylation sites is 1. The Morgan fingerprint density at radius 2 is 1.71 bits per heavy atom. The Labute approximate surface area is 149 Å². The standard InChI is InChI=1S/C17H14Cl2N2O3/c18-13-8-5-12(6-9-13)7-10-16(22)20-21-17(23)11-24-15-4-2-1-3-14(15)19/h1-10H,11H2,(H,20,22)(H,21,23)/b10-7+. The minimum Gasteiger partial charge on any atom is -0.482 e. The Balaban J connectivity index is 1.74. The molecule has 0 saturated heterocycles. The van der Waals surface area contributed by atoms with E-state index >= 15 is 0 Å². The van der Waals surface area contributed by atoms with Crippen molar-refractivity contribution < 1.29 is 14.3 Å². The third kappa shape index (κ3) is 5.95. The molecule has 0 radical (unpaired) electrons. The van der Waals surface area contributed by atoms with Gasteiger partial charge in [0.05, 0.1) is 5.02 Å². The second-order valence-corrected chi connectivity index (χ2v) is 5.49. The van der Waals surface area contributed by atoms with Crippen molar-refractivity contribution in [2.45, 2.75) is 0 Å². The van der Waals surface area contributed by atoms with Crippen LogP contribution in [-0.2, 0) is 9.59 Å². The summed E-state index contributed by atoms with van der Waals surface area (Å²) < 4.78 is 5.25. The van der Waals surface area contributed by atoms with E-state index in [2.05, 4.69) is 10.9 Å². The van der Waals surface area contributed by atoms with Crippen LogP contribution < -0.4 is 15.6 Å².